The predicted octanol–water partition coefficient (Wildman–Crippen LogP) is 2.09. The molecule has 1 aromatic carbocycles. The maximum Gasteiger partial charge on any atom is 0.250 e. The van der Waals surface area contributed by atoms with Crippen molar-refractivity contribution in [2.24, 2.45) is 4.99 Å². The highest BCUT2D eigenvalue weighted by atomic mass is 16.3. The number of benzene rings is 1. The maximum absolute atomic E-state index is 11.6. The summed E-state index contributed by atoms with van der Waals surface area (Å²) >= 11 is 0. The van der Waals surface area contributed by atoms with Crippen molar-refractivity contribution in [2.75, 3.05) is 0 Å². The Kier molecular flexibility index (Phi) is 2.21. The van der Waals surface area contributed by atoms with E-state index in [1.165, 1.54) is 0 Å². The van der Waals surface area contributed by atoms with Crippen LogP contribution in [0, 0.1) is 0 Å². The number of amides is 1. The van der Waals surface area contributed by atoms with E-state index in [0.717, 1.165) is 16.5 Å². The van der Waals surface area contributed by atoms with E-state index in [1.807, 2.05) is 31.2 Å². The number of amidine groups is 1. The van der Waals surface area contributed by atoms with Gasteiger partial charge in [0.25, 0.3) is 0 Å². The fraction of sp³-hybridized carbons (Fsp3) is 0.231. The number of nitrogens with zero attached hydrogens (tertiary/aromatic N) is 1. The molecule has 0 aliphatic carbocycles. The quantitative estimate of drug-likeness (QED) is 0.855. The second-order valence-corrected chi connectivity index (χ2v) is 4.04. The van der Waals surface area contributed by atoms with Crippen LogP contribution in [-0.2, 0) is 4.79 Å². The zero-order chi connectivity index (χ0) is 11.8. The Morgan fingerprint density at radius 2 is 2.24 bits per heavy atom. The van der Waals surface area contributed by atoms with Gasteiger partial charge in [-0.2, -0.15) is 0 Å². The number of rotatable bonds is 2. The number of hydrogen-bond donors (Lipinski definition) is 1. The van der Waals surface area contributed by atoms with Gasteiger partial charge in [0.05, 0.1) is 5.56 Å². The molecule has 1 aromatic heterocycles. The smallest absolute Gasteiger partial charge is 0.250 e. The van der Waals surface area contributed by atoms with Crippen molar-refractivity contribution in [1.82, 2.24) is 5.32 Å². The molecule has 0 bridgehead atoms. The SMILES string of the molecule is CCC1N=C(c2coc3ccccc23)NC1=O. The van der Waals surface area contributed by atoms with E-state index in [0.29, 0.717) is 12.3 Å². The predicted molar refractivity (Wildman–Crippen MR) is 65.0 cm³/mol. The zero-order valence-electron chi connectivity index (χ0n) is 9.43. The lowest BCUT2D eigenvalue weighted by molar-refractivity contribution is -0.120. The van der Waals surface area contributed by atoms with Crippen molar-refractivity contribution in [3.05, 3.63) is 36.1 Å². The fourth-order valence-electron chi connectivity index (χ4n) is 2.02. The summed E-state index contributed by atoms with van der Waals surface area (Å²) in [4.78, 5) is 16.0. The highest BCUT2D eigenvalue weighted by Gasteiger charge is 2.26. The third-order valence-electron chi connectivity index (χ3n) is 2.95. The Labute approximate surface area is 98.3 Å². The molecule has 86 valence electrons. The molecule has 0 radical (unpaired) electrons. The summed E-state index contributed by atoms with van der Waals surface area (Å²) in [5.74, 6) is 0.583. The van der Waals surface area contributed by atoms with E-state index >= 15 is 0 Å². The molecular formula is C13H12N2O2. The van der Waals surface area contributed by atoms with Gasteiger partial charge in [-0.1, -0.05) is 25.1 Å². The van der Waals surface area contributed by atoms with Crippen molar-refractivity contribution < 1.29 is 9.21 Å². The first-order valence-electron chi connectivity index (χ1n) is 5.65. The number of para-hydroxylation sites is 1. The third kappa shape index (κ3) is 1.53. The summed E-state index contributed by atoms with van der Waals surface area (Å²) in [6, 6.07) is 7.45. The Bertz CT molecular complexity index is 613. The molecule has 1 N–H and O–H groups in total. The molecule has 2 aromatic rings. The first kappa shape index (κ1) is 10.1. The minimum absolute atomic E-state index is 0.0345. The van der Waals surface area contributed by atoms with Gasteiger partial charge in [0.15, 0.2) is 0 Å². The summed E-state index contributed by atoms with van der Waals surface area (Å²) in [5, 5.41) is 3.78. The Morgan fingerprint density at radius 1 is 1.41 bits per heavy atom. The minimum Gasteiger partial charge on any atom is -0.464 e. The molecule has 1 amide bonds. The Hall–Kier alpha value is -2.10. The number of aliphatic imine (C=N–C) groups is 1. The van der Waals surface area contributed by atoms with E-state index in [-0.39, 0.29) is 11.9 Å². The van der Waals surface area contributed by atoms with Crippen molar-refractivity contribution in [1.29, 1.82) is 0 Å². The lowest BCUT2D eigenvalue weighted by Crippen LogP contribution is -2.28. The van der Waals surface area contributed by atoms with Crippen LogP contribution < -0.4 is 5.32 Å². The molecule has 0 saturated carbocycles. The minimum atomic E-state index is -0.265. The number of carbonyl (C=O) groups excluding carboxylic acids is 1. The van der Waals surface area contributed by atoms with Gasteiger partial charge in [-0.05, 0) is 12.5 Å². The maximum atomic E-state index is 11.6. The lowest BCUT2D eigenvalue weighted by Gasteiger charge is -1.97. The molecule has 17 heavy (non-hydrogen) atoms. The van der Waals surface area contributed by atoms with Gasteiger partial charge in [0.1, 0.15) is 23.7 Å². The zero-order valence-corrected chi connectivity index (χ0v) is 9.43. The van der Waals surface area contributed by atoms with Gasteiger partial charge < -0.3 is 9.73 Å². The van der Waals surface area contributed by atoms with Crippen LogP contribution in [0.5, 0.6) is 0 Å². The largest absolute Gasteiger partial charge is 0.464 e. The standard InChI is InChI=1S/C13H12N2O2/c1-2-10-13(16)15-12(14-10)9-7-17-11-6-4-3-5-8(9)11/h3-7,10H,2H2,1H3,(H,14,15,16). The molecule has 1 unspecified atom stereocenters. The lowest BCUT2D eigenvalue weighted by atomic mass is 10.1. The van der Waals surface area contributed by atoms with Crippen LogP contribution in [0.3, 0.4) is 0 Å². The van der Waals surface area contributed by atoms with Crippen LogP contribution in [0.4, 0.5) is 0 Å². The highest BCUT2D eigenvalue weighted by molar-refractivity contribution is 6.18. The summed E-state index contributed by atoms with van der Waals surface area (Å²) in [6.07, 6.45) is 2.35. The van der Waals surface area contributed by atoms with Gasteiger partial charge in [-0.25, -0.2) is 0 Å². The first-order valence-corrected chi connectivity index (χ1v) is 5.65. The molecule has 0 spiro atoms. The molecule has 1 aliphatic rings. The average Bonchev–Trinajstić information content (AvgIpc) is 2.92. The van der Waals surface area contributed by atoms with Gasteiger partial charge in [-0.3, -0.25) is 9.79 Å². The van der Waals surface area contributed by atoms with Crippen molar-refractivity contribution in [2.45, 2.75) is 19.4 Å². The van der Waals surface area contributed by atoms with Gasteiger partial charge in [0.2, 0.25) is 5.91 Å². The van der Waals surface area contributed by atoms with Crippen LogP contribution in [0.2, 0.25) is 0 Å². The monoisotopic (exact) mass is 228 g/mol. The second kappa shape index (κ2) is 3.73. The van der Waals surface area contributed by atoms with Crippen molar-refractivity contribution in [3.63, 3.8) is 0 Å². The van der Waals surface area contributed by atoms with Crippen molar-refractivity contribution in [3.8, 4) is 0 Å². The third-order valence-corrected chi connectivity index (χ3v) is 2.95. The number of furan rings is 1. The molecule has 1 aliphatic heterocycles. The van der Waals surface area contributed by atoms with Gasteiger partial charge in [-0.15, -0.1) is 0 Å². The summed E-state index contributed by atoms with van der Waals surface area (Å²) in [5.41, 5.74) is 1.66. The van der Waals surface area contributed by atoms with Crippen LogP contribution in [0.25, 0.3) is 11.0 Å². The topological polar surface area (TPSA) is 54.6 Å². The normalized spacial score (nSPS) is 19.5. The van der Waals surface area contributed by atoms with Gasteiger partial charge in [0, 0.05) is 5.39 Å². The first-order chi connectivity index (χ1) is 8.29. The van der Waals surface area contributed by atoms with Crippen LogP contribution >= 0.6 is 0 Å². The summed E-state index contributed by atoms with van der Waals surface area (Å²) < 4.78 is 5.43. The Balaban J connectivity index is 2.08. The van der Waals surface area contributed by atoms with Gasteiger partial charge >= 0.3 is 0 Å². The van der Waals surface area contributed by atoms with E-state index in [4.69, 9.17) is 4.42 Å². The summed E-state index contributed by atoms with van der Waals surface area (Å²) in [6.45, 7) is 1.95. The molecule has 0 saturated heterocycles. The molecule has 1 atom stereocenters. The fourth-order valence-corrected chi connectivity index (χ4v) is 2.02. The molecular weight excluding hydrogens is 216 g/mol. The molecule has 3 rings (SSSR count). The van der Waals surface area contributed by atoms with Crippen molar-refractivity contribution >= 4 is 22.7 Å². The Morgan fingerprint density at radius 3 is 3.00 bits per heavy atom. The van der Waals surface area contributed by atoms with Crippen LogP contribution in [-0.4, -0.2) is 17.8 Å². The van der Waals surface area contributed by atoms with E-state index < -0.39 is 0 Å². The highest BCUT2D eigenvalue weighted by Crippen LogP contribution is 2.22. The molecule has 4 heteroatoms. The van der Waals surface area contributed by atoms with Crippen LogP contribution in [0.15, 0.2) is 39.9 Å². The molecule has 4 nitrogen and oxygen atoms in total. The number of fused-ring (bicyclic) bond motifs is 1. The molecule has 0 fully saturated rings. The number of hydrogen-bond acceptors (Lipinski definition) is 3. The number of carbonyl (C=O) groups is 1. The molecule has 2 heterocycles. The average molecular weight is 228 g/mol. The van der Waals surface area contributed by atoms with Crippen LogP contribution in [0.1, 0.15) is 18.9 Å². The second-order valence-electron chi connectivity index (χ2n) is 4.04. The summed E-state index contributed by atoms with van der Waals surface area (Å²) in [7, 11) is 0. The van der Waals surface area contributed by atoms with E-state index in [2.05, 4.69) is 10.3 Å². The number of nitrogens with one attached hydrogen (secondary N) is 1. The van der Waals surface area contributed by atoms with E-state index in [1.54, 1.807) is 6.26 Å². The van der Waals surface area contributed by atoms with E-state index in [9.17, 15) is 4.79 Å².